The summed E-state index contributed by atoms with van der Waals surface area (Å²) in [6, 6.07) is 15.1. The molecule has 32 heavy (non-hydrogen) atoms. The third kappa shape index (κ3) is 3.49. The second kappa shape index (κ2) is 7.75. The first-order chi connectivity index (χ1) is 15.1. The van der Waals surface area contributed by atoms with Crippen LogP contribution < -0.4 is 4.74 Å². The minimum absolute atomic E-state index is 0.0230. The zero-order valence-electron chi connectivity index (χ0n) is 18.2. The van der Waals surface area contributed by atoms with Gasteiger partial charge in [0.25, 0.3) is 5.91 Å². The van der Waals surface area contributed by atoms with Crippen LogP contribution in [0.5, 0.6) is 11.6 Å². The lowest BCUT2D eigenvalue weighted by molar-refractivity contribution is -0.147. The van der Waals surface area contributed by atoms with Gasteiger partial charge in [0.05, 0.1) is 16.7 Å². The molecule has 0 saturated carbocycles. The average molecular weight is 434 g/mol. The van der Waals surface area contributed by atoms with Crippen molar-refractivity contribution in [1.29, 1.82) is 0 Å². The van der Waals surface area contributed by atoms with Gasteiger partial charge < -0.3 is 14.7 Å². The van der Waals surface area contributed by atoms with Gasteiger partial charge in [0.15, 0.2) is 0 Å². The van der Waals surface area contributed by atoms with Crippen LogP contribution in [0.15, 0.2) is 54.6 Å². The Morgan fingerprint density at radius 3 is 2.44 bits per heavy atom. The Morgan fingerprint density at radius 1 is 1.06 bits per heavy atom. The van der Waals surface area contributed by atoms with E-state index in [0.717, 1.165) is 5.56 Å². The summed E-state index contributed by atoms with van der Waals surface area (Å²) in [5, 5.41) is 9.88. The third-order valence-corrected chi connectivity index (χ3v) is 5.81. The Labute approximate surface area is 185 Å². The molecule has 0 bridgehead atoms. The largest absolute Gasteiger partial charge is 0.481 e. The molecule has 0 unspecified atom stereocenters. The van der Waals surface area contributed by atoms with Crippen molar-refractivity contribution in [2.75, 3.05) is 14.1 Å². The number of halogens is 1. The number of rotatable bonds is 4. The molecule has 1 N–H and O–H groups in total. The number of pyridine rings is 1. The van der Waals surface area contributed by atoms with Crippen LogP contribution in [-0.4, -0.2) is 41.0 Å². The molecule has 2 heterocycles. The minimum Gasteiger partial charge on any atom is -0.481 e. The van der Waals surface area contributed by atoms with E-state index >= 15 is 0 Å². The Kier molecular flexibility index (Phi) is 5.20. The summed E-state index contributed by atoms with van der Waals surface area (Å²) in [6.45, 7) is 3.35. The molecule has 0 saturated heterocycles. The molecule has 1 aromatic heterocycles. The summed E-state index contributed by atoms with van der Waals surface area (Å²) in [4.78, 5) is 30.1. The van der Waals surface area contributed by atoms with Crippen LogP contribution in [0.4, 0.5) is 4.39 Å². The van der Waals surface area contributed by atoms with Gasteiger partial charge in [-0.1, -0.05) is 30.3 Å². The molecular formula is C25H23FN2O4. The van der Waals surface area contributed by atoms with Crippen LogP contribution in [-0.2, 0) is 4.79 Å². The molecule has 0 radical (unpaired) electrons. The summed E-state index contributed by atoms with van der Waals surface area (Å²) in [5.41, 5.74) is 1.23. The van der Waals surface area contributed by atoms with Crippen molar-refractivity contribution in [3.05, 3.63) is 77.1 Å². The molecular weight excluding hydrogens is 411 g/mol. The molecule has 0 spiro atoms. The fourth-order valence-corrected chi connectivity index (χ4v) is 3.99. The van der Waals surface area contributed by atoms with Gasteiger partial charge >= 0.3 is 5.97 Å². The highest BCUT2D eigenvalue weighted by atomic mass is 19.1. The van der Waals surface area contributed by atoms with Crippen molar-refractivity contribution in [3.8, 4) is 22.9 Å². The van der Waals surface area contributed by atoms with Crippen molar-refractivity contribution < 1.29 is 23.8 Å². The summed E-state index contributed by atoms with van der Waals surface area (Å²) >= 11 is 0. The minimum atomic E-state index is -1.11. The number of hydrogen-bond acceptors (Lipinski definition) is 4. The average Bonchev–Trinajstić information content (AvgIpc) is 2.76. The molecule has 7 heteroatoms. The van der Waals surface area contributed by atoms with Crippen LogP contribution in [0.25, 0.3) is 11.3 Å². The topological polar surface area (TPSA) is 79.7 Å². The number of amides is 1. The van der Waals surface area contributed by atoms with Gasteiger partial charge in [-0.3, -0.25) is 9.59 Å². The van der Waals surface area contributed by atoms with E-state index in [9.17, 15) is 19.1 Å². The number of aliphatic carboxylic acids is 1. The molecule has 2 aromatic carbocycles. The number of nitrogens with zero attached hydrogens (tertiary/aromatic N) is 2. The Balaban J connectivity index is 1.80. The molecule has 164 valence electrons. The highest BCUT2D eigenvalue weighted by Crippen LogP contribution is 2.51. The van der Waals surface area contributed by atoms with Gasteiger partial charge in [0.1, 0.15) is 11.6 Å². The predicted molar refractivity (Wildman–Crippen MR) is 117 cm³/mol. The van der Waals surface area contributed by atoms with Gasteiger partial charge in [-0.2, -0.15) is 0 Å². The maximum absolute atomic E-state index is 14.6. The van der Waals surface area contributed by atoms with E-state index in [1.807, 2.05) is 18.2 Å². The summed E-state index contributed by atoms with van der Waals surface area (Å²) in [7, 11) is 3.12. The second-order valence-electron chi connectivity index (χ2n) is 8.58. The molecule has 0 fully saturated rings. The molecule has 1 atom stereocenters. The number of ether oxygens (including phenoxy) is 1. The van der Waals surface area contributed by atoms with Crippen LogP contribution in [0.1, 0.15) is 41.3 Å². The Morgan fingerprint density at radius 2 is 1.78 bits per heavy atom. The molecule has 6 nitrogen and oxygen atoms in total. The fourth-order valence-electron chi connectivity index (χ4n) is 3.99. The number of carbonyl (C=O) groups is 2. The van der Waals surface area contributed by atoms with Crippen LogP contribution in [0, 0.1) is 11.2 Å². The van der Waals surface area contributed by atoms with E-state index in [4.69, 9.17) is 4.74 Å². The van der Waals surface area contributed by atoms with E-state index in [1.54, 1.807) is 52.2 Å². The quantitative estimate of drug-likeness (QED) is 0.629. The van der Waals surface area contributed by atoms with Crippen molar-refractivity contribution >= 4 is 11.9 Å². The molecule has 1 aliphatic rings. The van der Waals surface area contributed by atoms with Crippen molar-refractivity contribution in [2.24, 2.45) is 5.41 Å². The van der Waals surface area contributed by atoms with Crippen LogP contribution in [0.3, 0.4) is 0 Å². The highest BCUT2D eigenvalue weighted by Gasteiger charge is 2.44. The van der Waals surface area contributed by atoms with Crippen molar-refractivity contribution in [2.45, 2.75) is 19.8 Å². The maximum Gasteiger partial charge on any atom is 0.310 e. The van der Waals surface area contributed by atoms with Gasteiger partial charge in [0.2, 0.25) is 5.88 Å². The van der Waals surface area contributed by atoms with Gasteiger partial charge in [-0.05, 0) is 38.1 Å². The first-order valence-corrected chi connectivity index (χ1v) is 10.1. The summed E-state index contributed by atoms with van der Waals surface area (Å²) in [6.07, 6.45) is 0. The molecule has 4 rings (SSSR count). The number of hydrogen-bond donors (Lipinski definition) is 1. The first kappa shape index (κ1) is 21.5. The lowest BCUT2D eigenvalue weighted by atomic mass is 9.70. The predicted octanol–water partition coefficient (Wildman–Crippen LogP) is 4.94. The van der Waals surface area contributed by atoms with E-state index in [0.29, 0.717) is 22.6 Å². The van der Waals surface area contributed by atoms with E-state index in [1.165, 1.54) is 17.0 Å². The second-order valence-corrected chi connectivity index (χ2v) is 8.58. The lowest BCUT2D eigenvalue weighted by Gasteiger charge is -2.36. The number of carbonyl (C=O) groups excluding carboxylic acids is 1. The zero-order valence-corrected chi connectivity index (χ0v) is 18.2. The SMILES string of the molecule is CN(C)C(=O)c1ccc(-c2ccc3c(n2)Oc2ccccc2[C@@H]3C(C)(C)C(=O)O)cc1F. The first-order valence-electron chi connectivity index (χ1n) is 10.1. The smallest absolute Gasteiger partial charge is 0.310 e. The standard InChI is InChI=1S/C25H23FN2O4/c1-25(2,24(30)31)21-16-7-5-6-8-20(16)32-22-17(21)11-12-19(27-22)14-9-10-15(18(26)13-14)23(29)28(3)4/h5-13,21H,1-4H3,(H,30,31)/t21-/m0/s1. The molecule has 3 aromatic rings. The van der Waals surface area contributed by atoms with Crippen molar-refractivity contribution in [1.82, 2.24) is 9.88 Å². The van der Waals surface area contributed by atoms with Gasteiger partial charge in [-0.25, -0.2) is 9.37 Å². The summed E-state index contributed by atoms with van der Waals surface area (Å²) in [5.74, 6) is -1.64. The van der Waals surface area contributed by atoms with Crippen LogP contribution >= 0.6 is 0 Å². The number of aromatic nitrogens is 1. The van der Waals surface area contributed by atoms with Gasteiger partial charge in [0, 0.05) is 36.7 Å². The fraction of sp³-hybridized carbons (Fsp3) is 0.240. The Bertz CT molecular complexity index is 1240. The molecule has 0 aliphatic carbocycles. The highest BCUT2D eigenvalue weighted by molar-refractivity contribution is 5.94. The number of carboxylic acids is 1. The van der Waals surface area contributed by atoms with E-state index in [-0.39, 0.29) is 11.4 Å². The monoisotopic (exact) mass is 434 g/mol. The van der Waals surface area contributed by atoms with Crippen molar-refractivity contribution in [3.63, 3.8) is 0 Å². The molecule has 1 aliphatic heterocycles. The number of para-hydroxylation sites is 1. The normalized spacial score (nSPS) is 14.7. The van der Waals surface area contributed by atoms with E-state index < -0.39 is 29.0 Å². The van der Waals surface area contributed by atoms with E-state index in [2.05, 4.69) is 4.98 Å². The lowest BCUT2D eigenvalue weighted by Crippen LogP contribution is -2.33. The maximum atomic E-state index is 14.6. The zero-order chi connectivity index (χ0) is 23.2. The summed E-state index contributed by atoms with van der Waals surface area (Å²) < 4.78 is 20.6. The number of benzene rings is 2. The van der Waals surface area contributed by atoms with Gasteiger partial charge in [-0.15, -0.1) is 0 Å². The third-order valence-electron chi connectivity index (χ3n) is 5.81. The number of carboxylic acid groups (broad SMARTS) is 1. The van der Waals surface area contributed by atoms with Crippen LogP contribution in [0.2, 0.25) is 0 Å². The Hall–Kier alpha value is -3.74. The molecule has 1 amide bonds. The number of fused-ring (bicyclic) bond motifs is 2.